The lowest BCUT2D eigenvalue weighted by molar-refractivity contribution is 0.110. The van der Waals surface area contributed by atoms with Crippen molar-refractivity contribution in [2.45, 2.75) is 39.7 Å². The summed E-state index contributed by atoms with van der Waals surface area (Å²) < 4.78 is 0. The van der Waals surface area contributed by atoms with E-state index in [0.29, 0.717) is 10.9 Å². The molecule has 20 heavy (non-hydrogen) atoms. The maximum Gasteiger partial charge on any atom is 0.107 e. The first-order valence-electron chi connectivity index (χ1n) is 7.11. The number of anilines is 1. The second kappa shape index (κ2) is 6.06. The first-order chi connectivity index (χ1) is 9.40. The Morgan fingerprint density at radius 3 is 2.55 bits per heavy atom. The minimum absolute atomic E-state index is 0.229. The van der Waals surface area contributed by atoms with E-state index in [1.807, 2.05) is 20.8 Å². The Hall–Kier alpha value is -1.20. The molecule has 1 aliphatic rings. The fourth-order valence-corrected chi connectivity index (χ4v) is 3.24. The number of rotatable bonds is 3. The Balaban J connectivity index is 2.27. The predicted molar refractivity (Wildman–Crippen MR) is 86.2 cm³/mol. The van der Waals surface area contributed by atoms with Gasteiger partial charge in [-0.15, -0.1) is 0 Å². The van der Waals surface area contributed by atoms with Gasteiger partial charge in [0.1, 0.15) is 4.99 Å². The quantitative estimate of drug-likeness (QED) is 0.834. The molecule has 1 fully saturated rings. The molecule has 0 bridgehead atoms. The largest absolute Gasteiger partial charge is 0.393 e. The highest BCUT2D eigenvalue weighted by atomic mass is 32.1. The molecule has 2 rings (SSSR count). The molecule has 0 aliphatic carbocycles. The molecule has 0 saturated carbocycles. The molecule has 1 aromatic heterocycles. The molecular weight excluding hydrogens is 270 g/mol. The van der Waals surface area contributed by atoms with Crippen LogP contribution in [-0.2, 0) is 0 Å². The van der Waals surface area contributed by atoms with Crippen molar-refractivity contribution in [3.8, 4) is 0 Å². The van der Waals surface area contributed by atoms with Crippen LogP contribution in [0.3, 0.4) is 0 Å². The van der Waals surface area contributed by atoms with Gasteiger partial charge in [-0.25, -0.2) is 0 Å². The summed E-state index contributed by atoms with van der Waals surface area (Å²) in [5, 5.41) is 9.70. The zero-order valence-electron chi connectivity index (χ0n) is 12.4. The van der Waals surface area contributed by atoms with E-state index in [9.17, 15) is 5.11 Å². The highest BCUT2D eigenvalue weighted by Crippen LogP contribution is 2.29. The van der Waals surface area contributed by atoms with Gasteiger partial charge in [-0.3, -0.25) is 4.98 Å². The lowest BCUT2D eigenvalue weighted by Gasteiger charge is -2.36. The molecule has 1 unspecified atom stereocenters. The lowest BCUT2D eigenvalue weighted by Crippen LogP contribution is -2.38. The molecule has 0 amide bonds. The van der Waals surface area contributed by atoms with Crippen LogP contribution in [-0.4, -0.2) is 34.3 Å². The Kier molecular flexibility index (Phi) is 4.60. The third-order valence-electron chi connectivity index (χ3n) is 4.12. The average Bonchev–Trinajstić information content (AvgIpc) is 2.37. The molecule has 0 aromatic carbocycles. The molecule has 2 heterocycles. The monoisotopic (exact) mass is 293 g/mol. The molecule has 1 aliphatic heterocycles. The second-order valence-electron chi connectivity index (χ2n) is 5.67. The maximum atomic E-state index is 9.70. The Labute approximate surface area is 126 Å². The number of aromatic nitrogens is 1. The lowest BCUT2D eigenvalue weighted by atomic mass is 9.91. The number of pyridine rings is 1. The molecule has 5 heteroatoms. The van der Waals surface area contributed by atoms with Crippen LogP contribution in [0.1, 0.15) is 36.7 Å². The van der Waals surface area contributed by atoms with Crippen molar-refractivity contribution in [3.05, 3.63) is 23.0 Å². The van der Waals surface area contributed by atoms with Gasteiger partial charge in [0.05, 0.1) is 17.4 Å². The van der Waals surface area contributed by atoms with E-state index in [1.54, 1.807) is 0 Å². The van der Waals surface area contributed by atoms with Crippen molar-refractivity contribution >= 4 is 22.9 Å². The van der Waals surface area contributed by atoms with Gasteiger partial charge in [0.15, 0.2) is 0 Å². The smallest absolute Gasteiger partial charge is 0.107 e. The van der Waals surface area contributed by atoms with E-state index in [4.69, 9.17) is 18.0 Å². The van der Waals surface area contributed by atoms with Gasteiger partial charge in [-0.05, 0) is 45.6 Å². The van der Waals surface area contributed by atoms with E-state index < -0.39 is 0 Å². The summed E-state index contributed by atoms with van der Waals surface area (Å²) in [7, 11) is 0. The molecule has 1 atom stereocenters. The van der Waals surface area contributed by atoms with Crippen molar-refractivity contribution < 1.29 is 5.11 Å². The standard InChI is InChI=1S/C15H23N3OS/c1-9-8-13(14(15(16)20)10(2)17-9)18-6-4-12(5-7-18)11(3)19/h8,11-12,19H,4-7H2,1-3H3,(H2,16,20). The molecule has 0 spiro atoms. The number of aliphatic hydroxyl groups excluding tert-OH is 1. The summed E-state index contributed by atoms with van der Waals surface area (Å²) in [6, 6.07) is 2.06. The molecule has 1 aromatic rings. The zero-order valence-corrected chi connectivity index (χ0v) is 13.2. The number of thiocarbonyl (C=S) groups is 1. The van der Waals surface area contributed by atoms with Crippen LogP contribution in [0.2, 0.25) is 0 Å². The van der Waals surface area contributed by atoms with Gasteiger partial charge in [-0.2, -0.15) is 0 Å². The number of piperidine rings is 1. The molecule has 0 radical (unpaired) electrons. The summed E-state index contributed by atoms with van der Waals surface area (Å²) in [5.74, 6) is 0.392. The van der Waals surface area contributed by atoms with Crippen molar-refractivity contribution in [2.75, 3.05) is 18.0 Å². The van der Waals surface area contributed by atoms with Crippen molar-refractivity contribution in [1.29, 1.82) is 0 Å². The van der Waals surface area contributed by atoms with Crippen LogP contribution in [0.25, 0.3) is 0 Å². The summed E-state index contributed by atoms with van der Waals surface area (Å²) >= 11 is 5.19. The van der Waals surface area contributed by atoms with Gasteiger partial charge < -0.3 is 15.7 Å². The topological polar surface area (TPSA) is 62.4 Å². The third kappa shape index (κ3) is 3.10. The third-order valence-corrected chi connectivity index (χ3v) is 4.32. The Morgan fingerprint density at radius 1 is 1.45 bits per heavy atom. The summed E-state index contributed by atoms with van der Waals surface area (Å²) in [6.07, 6.45) is 1.76. The first-order valence-corrected chi connectivity index (χ1v) is 7.52. The van der Waals surface area contributed by atoms with Crippen LogP contribution in [0.15, 0.2) is 6.07 Å². The van der Waals surface area contributed by atoms with Crippen LogP contribution in [0.4, 0.5) is 5.69 Å². The van der Waals surface area contributed by atoms with Gasteiger partial charge in [0.2, 0.25) is 0 Å². The van der Waals surface area contributed by atoms with E-state index >= 15 is 0 Å². The SMILES string of the molecule is Cc1cc(N2CCC(C(C)O)CC2)c(C(N)=S)c(C)n1. The molecular formula is C15H23N3OS. The molecule has 1 saturated heterocycles. The highest BCUT2D eigenvalue weighted by molar-refractivity contribution is 7.80. The summed E-state index contributed by atoms with van der Waals surface area (Å²) in [5.41, 5.74) is 9.73. The molecule has 110 valence electrons. The van der Waals surface area contributed by atoms with Crippen LogP contribution < -0.4 is 10.6 Å². The number of hydrogen-bond donors (Lipinski definition) is 2. The van der Waals surface area contributed by atoms with Crippen molar-refractivity contribution in [2.24, 2.45) is 11.7 Å². The van der Waals surface area contributed by atoms with Crippen LogP contribution in [0, 0.1) is 19.8 Å². The molecule has 4 nitrogen and oxygen atoms in total. The highest BCUT2D eigenvalue weighted by Gasteiger charge is 2.25. The summed E-state index contributed by atoms with van der Waals surface area (Å²) in [6.45, 7) is 7.67. The van der Waals surface area contributed by atoms with E-state index in [0.717, 1.165) is 48.6 Å². The predicted octanol–water partition coefficient (Wildman–Crippen LogP) is 1.93. The minimum Gasteiger partial charge on any atom is -0.393 e. The average molecular weight is 293 g/mol. The number of hydrogen-bond acceptors (Lipinski definition) is 4. The van der Waals surface area contributed by atoms with Gasteiger partial charge in [-0.1, -0.05) is 12.2 Å². The minimum atomic E-state index is -0.229. The first kappa shape index (κ1) is 15.2. The van der Waals surface area contributed by atoms with Crippen LogP contribution >= 0.6 is 12.2 Å². The summed E-state index contributed by atoms with van der Waals surface area (Å²) in [4.78, 5) is 7.18. The molecule has 3 N–H and O–H groups in total. The van der Waals surface area contributed by atoms with E-state index in [1.165, 1.54) is 0 Å². The van der Waals surface area contributed by atoms with Crippen molar-refractivity contribution in [3.63, 3.8) is 0 Å². The Morgan fingerprint density at radius 2 is 2.05 bits per heavy atom. The van der Waals surface area contributed by atoms with Gasteiger partial charge >= 0.3 is 0 Å². The fourth-order valence-electron chi connectivity index (χ4n) is 2.98. The van der Waals surface area contributed by atoms with E-state index in [2.05, 4.69) is 16.0 Å². The van der Waals surface area contributed by atoms with Gasteiger partial charge in [0, 0.05) is 24.5 Å². The second-order valence-corrected chi connectivity index (χ2v) is 6.11. The zero-order chi connectivity index (χ0) is 14.9. The number of nitrogens with two attached hydrogens (primary N) is 1. The number of nitrogens with zero attached hydrogens (tertiary/aromatic N) is 2. The van der Waals surface area contributed by atoms with Crippen molar-refractivity contribution in [1.82, 2.24) is 4.98 Å². The Bertz CT molecular complexity index is 508. The fraction of sp³-hybridized carbons (Fsp3) is 0.600. The normalized spacial score (nSPS) is 18.1. The maximum absolute atomic E-state index is 9.70. The van der Waals surface area contributed by atoms with Gasteiger partial charge in [0.25, 0.3) is 0 Å². The number of aliphatic hydroxyl groups is 1. The van der Waals surface area contributed by atoms with E-state index in [-0.39, 0.29) is 6.10 Å². The van der Waals surface area contributed by atoms with Crippen LogP contribution in [0.5, 0.6) is 0 Å². The number of aryl methyl sites for hydroxylation is 2.